The zero-order valence-corrected chi connectivity index (χ0v) is 46.5. The molecular formula is C75H58N8O. The van der Waals surface area contributed by atoms with Gasteiger partial charge in [-0.05, 0) is 82.3 Å². The minimum absolute atomic E-state index is 0.0249. The van der Waals surface area contributed by atoms with Crippen molar-refractivity contribution in [2.45, 2.75) is 56.2 Å². The van der Waals surface area contributed by atoms with E-state index in [1.165, 1.54) is 44.0 Å². The number of benzene rings is 9. The Bertz CT molecular complexity index is 4770. The lowest BCUT2D eigenvalue weighted by Gasteiger charge is -2.32. The number of ether oxygens (including phenoxy) is 1. The number of para-hydroxylation sites is 3. The van der Waals surface area contributed by atoms with Crippen molar-refractivity contribution >= 4 is 61.1 Å². The molecule has 84 heavy (non-hydrogen) atoms. The van der Waals surface area contributed by atoms with E-state index >= 15 is 0 Å². The van der Waals surface area contributed by atoms with Gasteiger partial charge in [0.2, 0.25) is 0 Å². The Balaban J connectivity index is 0.997. The van der Waals surface area contributed by atoms with Crippen LogP contribution in [-0.2, 0) is 5.41 Å². The fraction of sp³-hybridized carbons (Fsp3) is 0.133. The molecule has 0 fully saturated rings. The van der Waals surface area contributed by atoms with Gasteiger partial charge in [-0.1, -0.05) is 220 Å². The van der Waals surface area contributed by atoms with E-state index < -0.39 is 11.6 Å². The highest BCUT2D eigenvalue weighted by Gasteiger charge is 2.43. The Morgan fingerprint density at radius 1 is 0.548 bits per heavy atom. The quantitative estimate of drug-likeness (QED) is 0.141. The molecule has 0 spiro atoms. The van der Waals surface area contributed by atoms with Crippen LogP contribution < -0.4 is 20.7 Å². The molecule has 3 aliphatic heterocycles. The van der Waals surface area contributed by atoms with Crippen LogP contribution in [0.4, 0.5) is 0 Å². The van der Waals surface area contributed by atoms with Crippen molar-refractivity contribution in [2.24, 2.45) is 20.9 Å². The van der Waals surface area contributed by atoms with Crippen LogP contribution in [0, 0.1) is 5.92 Å². The third-order valence-corrected chi connectivity index (χ3v) is 18.3. The number of amidine groups is 3. The lowest BCUT2D eigenvalue weighted by Crippen LogP contribution is -2.45. The molecule has 0 saturated heterocycles. The van der Waals surface area contributed by atoms with Crippen molar-refractivity contribution in [3.63, 3.8) is 0 Å². The minimum Gasteiger partial charge on any atom is -0.483 e. The van der Waals surface area contributed by atoms with Gasteiger partial charge < -0.3 is 24.5 Å². The summed E-state index contributed by atoms with van der Waals surface area (Å²) < 4.78 is 12.2. The number of aromatic nitrogens is 2. The number of nitrogens with one attached hydrogen (secondary N) is 3. The van der Waals surface area contributed by atoms with Crippen LogP contribution in [0.5, 0.6) is 5.75 Å². The largest absolute Gasteiger partial charge is 0.483 e. The second kappa shape index (κ2) is 19.0. The highest BCUT2D eigenvalue weighted by atomic mass is 16.5. The Kier molecular flexibility index (Phi) is 11.0. The van der Waals surface area contributed by atoms with E-state index in [1.54, 1.807) is 0 Å². The van der Waals surface area contributed by atoms with Gasteiger partial charge in [0.25, 0.3) is 0 Å². The van der Waals surface area contributed by atoms with Crippen molar-refractivity contribution in [3.05, 3.63) is 293 Å². The summed E-state index contributed by atoms with van der Waals surface area (Å²) in [5, 5.41) is 16.3. The number of fused-ring (bicyclic) bond motifs is 15. The highest BCUT2D eigenvalue weighted by Crippen LogP contribution is 2.59. The normalized spacial score (nSPS) is 21.5. The molecule has 11 aromatic rings. The summed E-state index contributed by atoms with van der Waals surface area (Å²) in [6.07, 6.45) is 17.3. The predicted octanol–water partition coefficient (Wildman–Crippen LogP) is 16.1. The van der Waals surface area contributed by atoms with Gasteiger partial charge in [0.15, 0.2) is 5.84 Å². The molecule has 9 nitrogen and oxygen atoms in total. The first kappa shape index (κ1) is 48.6. The molecular weight excluding hydrogens is 1030 g/mol. The second-order valence-corrected chi connectivity index (χ2v) is 23.4. The molecule has 0 bridgehead atoms. The molecule has 9 aromatic carbocycles. The van der Waals surface area contributed by atoms with Crippen molar-refractivity contribution < 1.29 is 4.74 Å². The summed E-state index contributed by atoms with van der Waals surface area (Å²) in [6, 6.07) is 72.4. The third kappa shape index (κ3) is 7.41. The maximum Gasteiger partial charge on any atom is 0.161 e. The molecule has 0 radical (unpaired) electrons. The van der Waals surface area contributed by atoms with Crippen molar-refractivity contribution in [1.29, 1.82) is 0 Å². The zero-order valence-electron chi connectivity index (χ0n) is 46.5. The van der Waals surface area contributed by atoms with E-state index in [-0.39, 0.29) is 30.3 Å². The molecule has 17 rings (SSSR count). The Hall–Kier alpha value is -10.1. The van der Waals surface area contributed by atoms with Crippen LogP contribution in [0.2, 0.25) is 0 Å². The third-order valence-electron chi connectivity index (χ3n) is 18.3. The first-order valence-corrected chi connectivity index (χ1v) is 29.4. The molecule has 6 atom stereocenters. The summed E-state index contributed by atoms with van der Waals surface area (Å²) in [5.41, 5.74) is 17.5. The monoisotopic (exact) mass is 1090 g/mol. The Morgan fingerprint density at radius 2 is 1.21 bits per heavy atom. The van der Waals surface area contributed by atoms with E-state index in [4.69, 9.17) is 19.7 Å². The fourth-order valence-corrected chi connectivity index (χ4v) is 14.4. The van der Waals surface area contributed by atoms with Gasteiger partial charge in [-0.3, -0.25) is 5.32 Å². The summed E-state index contributed by atoms with van der Waals surface area (Å²) >= 11 is 0. The number of rotatable bonds is 8. The van der Waals surface area contributed by atoms with Crippen LogP contribution in [0.25, 0.3) is 66.1 Å². The van der Waals surface area contributed by atoms with E-state index in [2.05, 4.69) is 288 Å². The van der Waals surface area contributed by atoms with Gasteiger partial charge in [-0.15, -0.1) is 0 Å². The molecule has 6 aliphatic rings. The number of allylic oxidation sites excluding steroid dienone is 5. The van der Waals surface area contributed by atoms with Crippen molar-refractivity contribution in [3.8, 4) is 28.3 Å². The lowest BCUT2D eigenvalue weighted by molar-refractivity contribution is 0.268. The first-order valence-electron chi connectivity index (χ1n) is 29.4. The Labute approximate surface area is 487 Å². The van der Waals surface area contributed by atoms with Crippen LogP contribution in [0.15, 0.2) is 264 Å². The van der Waals surface area contributed by atoms with E-state index in [0.717, 1.165) is 90.5 Å². The van der Waals surface area contributed by atoms with Crippen molar-refractivity contribution in [2.75, 3.05) is 0 Å². The number of hydrogen-bond acceptors (Lipinski definition) is 7. The van der Waals surface area contributed by atoms with Gasteiger partial charge >= 0.3 is 0 Å². The SMILES string of the molecule is CC1(C)c2ccccc2-c2c1c1c3ccccc3n(-c3ccc(C4=NC(c5ccccc5)NC(c5ccccc5)N4)cc3C3=NC(c4ccccc4)NC(C4C=CC=CC4)=N3)c1c1c3ccccc3n(-c3cccc4c3OC3C=CC=CC43)c21. The molecule has 0 amide bonds. The number of nitrogens with zero attached hydrogens (tertiary/aromatic N) is 5. The van der Waals surface area contributed by atoms with Gasteiger partial charge in [0, 0.05) is 61.0 Å². The molecule has 404 valence electrons. The maximum atomic E-state index is 7.10. The van der Waals surface area contributed by atoms with Crippen LogP contribution >= 0.6 is 0 Å². The van der Waals surface area contributed by atoms with E-state index in [9.17, 15) is 0 Å². The summed E-state index contributed by atoms with van der Waals surface area (Å²) in [7, 11) is 0. The molecule has 2 aromatic heterocycles. The Morgan fingerprint density at radius 3 is 1.98 bits per heavy atom. The molecule has 3 aliphatic carbocycles. The highest BCUT2D eigenvalue weighted by molar-refractivity contribution is 6.32. The summed E-state index contributed by atoms with van der Waals surface area (Å²) in [5.74, 6) is 3.38. The van der Waals surface area contributed by atoms with E-state index in [0.29, 0.717) is 5.84 Å². The summed E-state index contributed by atoms with van der Waals surface area (Å²) in [6.45, 7) is 4.84. The number of hydrogen-bond donors (Lipinski definition) is 3. The minimum atomic E-state index is -0.404. The van der Waals surface area contributed by atoms with E-state index in [1.807, 2.05) is 0 Å². The fourth-order valence-electron chi connectivity index (χ4n) is 14.4. The van der Waals surface area contributed by atoms with Crippen LogP contribution in [0.3, 0.4) is 0 Å². The average Bonchev–Trinajstić information content (AvgIpc) is 1.79. The van der Waals surface area contributed by atoms with Gasteiger partial charge in [-0.25, -0.2) is 15.0 Å². The molecule has 6 unspecified atom stereocenters. The molecule has 9 heteroatoms. The molecule has 5 heterocycles. The first-order chi connectivity index (χ1) is 41.4. The van der Waals surface area contributed by atoms with Gasteiger partial charge in [0.1, 0.15) is 42.0 Å². The van der Waals surface area contributed by atoms with Crippen LogP contribution in [0.1, 0.15) is 89.2 Å². The average molecular weight is 1090 g/mol. The second-order valence-electron chi connectivity index (χ2n) is 23.4. The number of aliphatic imine (C=N–C) groups is 3. The topological polar surface area (TPSA) is 92.3 Å². The summed E-state index contributed by atoms with van der Waals surface area (Å²) in [4.78, 5) is 16.9. The van der Waals surface area contributed by atoms with Crippen LogP contribution in [-0.4, -0.2) is 32.7 Å². The van der Waals surface area contributed by atoms with Crippen molar-refractivity contribution in [1.82, 2.24) is 25.1 Å². The van der Waals surface area contributed by atoms with Gasteiger partial charge in [0.05, 0.1) is 33.4 Å². The van der Waals surface area contributed by atoms with Gasteiger partial charge in [-0.2, -0.15) is 0 Å². The maximum absolute atomic E-state index is 7.10. The smallest absolute Gasteiger partial charge is 0.161 e. The standard InChI is InChI=1S/C75H58N8O/c1-75(2)56-37-19-15-33-52(56)62-65(75)63-53-34-16-20-38-57(53)82(67(63)64-54-35-17-21-39-58(54)83(66(62)64)60-40-23-36-51-50-32-18-22-41-61(50)84-68(51)60)59-43-42-49(73-78-69(45-24-7-3-8-25-45)76-70(79-73)46-26-9-4-10-27-46)44-55(59)74-80-71(47-28-11-5-12-29-47)77-72(81-74)48-30-13-6-14-31-48/h3-30,32-44,48,50,61,69-71,76H,31H2,1-2H3,(H,78,79)(H,77,80,81). The molecule has 3 N–H and O–H groups in total. The zero-order chi connectivity index (χ0) is 55.6. The lowest BCUT2D eigenvalue weighted by atomic mass is 9.80. The molecule has 0 saturated carbocycles. The predicted molar refractivity (Wildman–Crippen MR) is 342 cm³/mol.